The van der Waals surface area contributed by atoms with Crippen molar-refractivity contribution in [1.29, 1.82) is 0 Å². The summed E-state index contributed by atoms with van der Waals surface area (Å²) in [5.74, 6) is 10.8. The molecule has 2 aliphatic carbocycles. The van der Waals surface area contributed by atoms with Crippen LogP contribution in [-0.4, -0.2) is 0 Å². The van der Waals surface area contributed by atoms with Gasteiger partial charge in [-0.2, -0.15) is 0 Å². The number of terminal acetylenes is 1. The third-order valence-corrected chi connectivity index (χ3v) is 3.64. The smallest absolute Gasteiger partial charge is 0.0551 e. The van der Waals surface area contributed by atoms with Crippen LogP contribution in [0.2, 0.25) is 0 Å². The SMILES string of the molecule is C#C[C]1[CH][CH][CH][CH]1.C[C]1[C](C)[C](C)[C](C)[C]1C.[Ru]. The third kappa shape index (κ3) is 4.38. The molecule has 0 bridgehead atoms. The van der Waals surface area contributed by atoms with E-state index in [1.54, 1.807) is 0 Å². The Hall–Kier alpha value is 0.183. The maximum atomic E-state index is 5.04. The molecule has 0 heterocycles. The molecule has 0 N–H and O–H groups in total. The average molecular weight is 325 g/mol. The molecular weight excluding hydrogens is 305 g/mol. The average Bonchev–Trinajstić information content (AvgIpc) is 2.92. The molecule has 2 fully saturated rings. The summed E-state index contributed by atoms with van der Waals surface area (Å²) in [5.41, 5.74) is 0. The number of rotatable bonds is 0. The van der Waals surface area contributed by atoms with Gasteiger partial charge in [0.1, 0.15) is 0 Å². The van der Waals surface area contributed by atoms with Crippen molar-refractivity contribution in [2.24, 2.45) is 0 Å². The van der Waals surface area contributed by atoms with Crippen molar-refractivity contribution in [2.45, 2.75) is 34.6 Å². The molecule has 2 saturated carbocycles. The third-order valence-electron chi connectivity index (χ3n) is 3.64. The van der Waals surface area contributed by atoms with Crippen LogP contribution in [0.3, 0.4) is 0 Å². The van der Waals surface area contributed by atoms with Gasteiger partial charge in [0.25, 0.3) is 0 Å². The van der Waals surface area contributed by atoms with Crippen LogP contribution in [-0.2, 0) is 19.5 Å². The molecule has 0 atom stereocenters. The minimum Gasteiger partial charge on any atom is -0.119 e. The van der Waals surface area contributed by atoms with Crippen LogP contribution in [0.1, 0.15) is 34.6 Å². The zero-order chi connectivity index (χ0) is 13.0. The zero-order valence-corrected chi connectivity index (χ0v) is 13.5. The van der Waals surface area contributed by atoms with Crippen LogP contribution in [0.15, 0.2) is 0 Å². The Balaban J connectivity index is 0.000000321. The van der Waals surface area contributed by atoms with Crippen molar-refractivity contribution in [3.63, 3.8) is 0 Å². The van der Waals surface area contributed by atoms with E-state index in [2.05, 4.69) is 40.5 Å². The molecule has 0 saturated heterocycles. The van der Waals surface area contributed by atoms with Crippen LogP contribution in [0.4, 0.5) is 0 Å². The second-order valence-corrected chi connectivity index (χ2v) is 4.44. The van der Waals surface area contributed by atoms with Gasteiger partial charge in [-0.15, -0.1) is 6.42 Å². The van der Waals surface area contributed by atoms with Crippen molar-refractivity contribution >= 4 is 0 Å². The molecule has 18 heavy (non-hydrogen) atoms. The van der Waals surface area contributed by atoms with Crippen molar-refractivity contribution in [2.75, 3.05) is 0 Å². The molecule has 0 unspecified atom stereocenters. The number of hydrogen-bond acceptors (Lipinski definition) is 0. The molecule has 0 aromatic rings. The van der Waals surface area contributed by atoms with Gasteiger partial charge >= 0.3 is 0 Å². The molecule has 2 rings (SSSR count). The molecule has 1 heteroatoms. The Morgan fingerprint density at radius 3 is 1.17 bits per heavy atom. The molecule has 0 aliphatic heterocycles. The van der Waals surface area contributed by atoms with E-state index >= 15 is 0 Å². The van der Waals surface area contributed by atoms with Crippen molar-refractivity contribution in [1.82, 2.24) is 0 Å². The molecule has 0 spiro atoms. The molecule has 96 valence electrons. The summed E-state index contributed by atoms with van der Waals surface area (Å²) >= 11 is 0. The second-order valence-electron chi connectivity index (χ2n) is 4.44. The minimum atomic E-state index is 0. The van der Waals surface area contributed by atoms with Crippen LogP contribution in [0.25, 0.3) is 0 Å². The van der Waals surface area contributed by atoms with Gasteiger partial charge in [-0.1, -0.05) is 40.5 Å². The second kappa shape index (κ2) is 8.37. The summed E-state index contributed by atoms with van der Waals surface area (Å²) in [6.45, 7) is 11.0. The quantitative estimate of drug-likeness (QED) is 0.466. The number of hydrogen-bond donors (Lipinski definition) is 0. The van der Waals surface area contributed by atoms with E-state index in [0.717, 1.165) is 5.92 Å². The molecule has 0 nitrogen and oxygen atoms in total. The van der Waals surface area contributed by atoms with E-state index in [0.29, 0.717) is 0 Å². The topological polar surface area (TPSA) is 0 Å². The van der Waals surface area contributed by atoms with Gasteiger partial charge in [0.15, 0.2) is 0 Å². The van der Waals surface area contributed by atoms with Gasteiger partial charge in [-0.05, 0) is 55.3 Å². The van der Waals surface area contributed by atoms with Crippen LogP contribution < -0.4 is 0 Å². The van der Waals surface area contributed by atoms with Gasteiger partial charge in [-0.3, -0.25) is 0 Å². The maximum Gasteiger partial charge on any atom is 0.0551 e. The zero-order valence-electron chi connectivity index (χ0n) is 11.7. The van der Waals surface area contributed by atoms with Crippen molar-refractivity contribution in [3.05, 3.63) is 61.2 Å². The van der Waals surface area contributed by atoms with Crippen LogP contribution in [0, 0.1) is 73.5 Å². The van der Waals surface area contributed by atoms with E-state index in [4.69, 9.17) is 6.42 Å². The fourth-order valence-corrected chi connectivity index (χ4v) is 1.88. The van der Waals surface area contributed by atoms with E-state index < -0.39 is 0 Å². The molecule has 10 radical (unpaired) electrons. The largest absolute Gasteiger partial charge is 0.119 e. The Kier molecular flexibility index (Phi) is 8.46. The fraction of sp³-hybridized carbons (Fsp3) is 0.294. The summed E-state index contributed by atoms with van der Waals surface area (Å²) in [6, 6.07) is 0. The van der Waals surface area contributed by atoms with E-state index in [1.807, 2.05) is 25.7 Å². The first-order valence-electron chi connectivity index (χ1n) is 5.87. The standard InChI is InChI=1S/C10H15.C7H5.Ru/c1-6-7(2)9(4)10(5)8(6)3;1-2-7-5-3-4-6-7;/h1-5H3;1,3-6H;. The summed E-state index contributed by atoms with van der Waals surface area (Å²) in [6.07, 6.45) is 12.7. The Bertz CT molecular complexity index is 214. The summed E-state index contributed by atoms with van der Waals surface area (Å²) < 4.78 is 0. The molecule has 0 aromatic carbocycles. The van der Waals surface area contributed by atoms with E-state index in [-0.39, 0.29) is 19.5 Å². The molecular formula is C17H20Ru. The van der Waals surface area contributed by atoms with Crippen molar-refractivity contribution in [3.8, 4) is 12.3 Å². The van der Waals surface area contributed by atoms with E-state index in [1.165, 1.54) is 29.6 Å². The summed E-state index contributed by atoms with van der Waals surface area (Å²) in [7, 11) is 0. The van der Waals surface area contributed by atoms with Gasteiger partial charge in [0, 0.05) is 19.5 Å². The van der Waals surface area contributed by atoms with Gasteiger partial charge in [-0.25, -0.2) is 0 Å². The Morgan fingerprint density at radius 2 is 1.00 bits per heavy atom. The van der Waals surface area contributed by atoms with Crippen LogP contribution >= 0.6 is 0 Å². The molecule has 2 aliphatic rings. The fourth-order valence-electron chi connectivity index (χ4n) is 1.88. The van der Waals surface area contributed by atoms with Gasteiger partial charge in [0.05, 0.1) is 5.92 Å². The Morgan fingerprint density at radius 1 is 0.722 bits per heavy atom. The predicted octanol–water partition coefficient (Wildman–Crippen LogP) is 3.99. The normalized spacial score (nSPS) is 24.4. The first kappa shape index (κ1) is 18.2. The summed E-state index contributed by atoms with van der Waals surface area (Å²) in [5, 5.41) is 0. The molecule has 0 aromatic heterocycles. The van der Waals surface area contributed by atoms with Crippen LogP contribution in [0.5, 0.6) is 0 Å². The van der Waals surface area contributed by atoms with Gasteiger partial charge in [0.2, 0.25) is 0 Å². The monoisotopic (exact) mass is 326 g/mol. The molecule has 0 amide bonds. The summed E-state index contributed by atoms with van der Waals surface area (Å²) in [4.78, 5) is 0. The Labute approximate surface area is 127 Å². The van der Waals surface area contributed by atoms with Crippen molar-refractivity contribution < 1.29 is 19.5 Å². The predicted molar refractivity (Wildman–Crippen MR) is 73.9 cm³/mol. The first-order valence-corrected chi connectivity index (χ1v) is 5.87. The van der Waals surface area contributed by atoms with Gasteiger partial charge < -0.3 is 0 Å². The van der Waals surface area contributed by atoms with E-state index in [9.17, 15) is 0 Å². The first-order chi connectivity index (χ1) is 7.99. The maximum absolute atomic E-state index is 5.04. The minimum absolute atomic E-state index is 0.